The lowest BCUT2D eigenvalue weighted by molar-refractivity contribution is 0.102. The zero-order valence-electron chi connectivity index (χ0n) is 11.6. The van der Waals surface area contributed by atoms with Gasteiger partial charge in [-0.1, -0.05) is 0 Å². The molecule has 0 saturated heterocycles. The van der Waals surface area contributed by atoms with Crippen LogP contribution in [0.2, 0.25) is 0 Å². The lowest BCUT2D eigenvalue weighted by Gasteiger charge is -2.20. The van der Waals surface area contributed by atoms with Gasteiger partial charge in [0.05, 0.1) is 11.4 Å². The van der Waals surface area contributed by atoms with Crippen molar-refractivity contribution in [1.29, 1.82) is 0 Å². The van der Waals surface area contributed by atoms with E-state index in [2.05, 4.69) is 10.3 Å². The third kappa shape index (κ3) is 2.74. The predicted octanol–water partition coefficient (Wildman–Crippen LogP) is 2.00. The molecule has 0 atom stereocenters. The second kappa shape index (κ2) is 5.32. The number of fused-ring (bicyclic) bond motifs is 1. The monoisotopic (exact) mass is 285 g/mol. The molecule has 1 aromatic heterocycles. The van der Waals surface area contributed by atoms with E-state index in [1.807, 2.05) is 6.92 Å². The number of pyridine rings is 1. The van der Waals surface area contributed by atoms with Gasteiger partial charge in [-0.3, -0.25) is 9.78 Å². The van der Waals surface area contributed by atoms with E-state index in [0.29, 0.717) is 41.7 Å². The van der Waals surface area contributed by atoms with Crippen LogP contribution in [0, 0.1) is 6.92 Å². The van der Waals surface area contributed by atoms with Gasteiger partial charge in [-0.15, -0.1) is 0 Å². The van der Waals surface area contributed by atoms with Crippen molar-refractivity contribution in [1.82, 2.24) is 4.98 Å². The molecule has 0 saturated carbocycles. The van der Waals surface area contributed by atoms with Gasteiger partial charge in [0.15, 0.2) is 11.5 Å². The fraction of sp³-hybridized carbons (Fsp3) is 0.200. The largest absolute Gasteiger partial charge is 0.486 e. The fourth-order valence-corrected chi connectivity index (χ4v) is 2.09. The molecule has 0 radical (unpaired) electrons. The van der Waals surface area contributed by atoms with Crippen LogP contribution in [0.3, 0.4) is 0 Å². The first-order valence-corrected chi connectivity index (χ1v) is 6.56. The molecule has 1 amide bonds. The van der Waals surface area contributed by atoms with Crippen molar-refractivity contribution in [2.24, 2.45) is 0 Å². The summed E-state index contributed by atoms with van der Waals surface area (Å²) < 4.78 is 10.9. The van der Waals surface area contributed by atoms with Crippen LogP contribution in [-0.2, 0) is 0 Å². The molecule has 108 valence electrons. The van der Waals surface area contributed by atoms with E-state index in [1.165, 1.54) is 0 Å². The normalized spacial score (nSPS) is 12.8. The smallest absolute Gasteiger partial charge is 0.255 e. The lowest BCUT2D eigenvalue weighted by Crippen LogP contribution is -2.17. The van der Waals surface area contributed by atoms with Crippen LogP contribution in [0.1, 0.15) is 16.1 Å². The summed E-state index contributed by atoms with van der Waals surface area (Å²) in [6.07, 6.45) is 1.59. The Morgan fingerprint density at radius 2 is 1.95 bits per heavy atom. The fourth-order valence-electron chi connectivity index (χ4n) is 2.09. The maximum Gasteiger partial charge on any atom is 0.255 e. The molecule has 2 aromatic rings. The minimum absolute atomic E-state index is 0.246. The highest BCUT2D eigenvalue weighted by atomic mass is 16.6. The number of benzene rings is 1. The Morgan fingerprint density at radius 1 is 1.24 bits per heavy atom. The quantitative estimate of drug-likeness (QED) is 0.824. The standard InChI is InChI=1S/C15H15N3O3/c1-9-6-10(2-3-17-9)15(19)18-12-8-14-13(7-11(12)16)20-4-5-21-14/h2-3,6-8H,4-5,16H2,1H3,(H,18,19). The number of hydrogen-bond donors (Lipinski definition) is 2. The van der Waals surface area contributed by atoms with Gasteiger partial charge in [-0.25, -0.2) is 0 Å². The van der Waals surface area contributed by atoms with E-state index in [-0.39, 0.29) is 5.91 Å². The molecule has 0 spiro atoms. The second-order valence-corrected chi connectivity index (χ2v) is 4.72. The Balaban J connectivity index is 1.86. The number of hydrogen-bond acceptors (Lipinski definition) is 5. The van der Waals surface area contributed by atoms with Gasteiger partial charge in [0, 0.05) is 29.6 Å². The van der Waals surface area contributed by atoms with Gasteiger partial charge in [-0.2, -0.15) is 0 Å². The Kier molecular flexibility index (Phi) is 3.35. The van der Waals surface area contributed by atoms with Gasteiger partial charge < -0.3 is 20.5 Å². The first kappa shape index (κ1) is 13.2. The minimum Gasteiger partial charge on any atom is -0.486 e. The molecule has 0 unspecified atom stereocenters. The Labute approximate surface area is 121 Å². The molecular formula is C15H15N3O3. The number of carbonyl (C=O) groups excluding carboxylic acids is 1. The maximum absolute atomic E-state index is 12.2. The minimum atomic E-state index is -0.246. The summed E-state index contributed by atoms with van der Waals surface area (Å²) >= 11 is 0. The zero-order valence-corrected chi connectivity index (χ0v) is 11.6. The molecule has 3 N–H and O–H groups in total. The number of anilines is 2. The molecule has 2 heterocycles. The summed E-state index contributed by atoms with van der Waals surface area (Å²) in [6, 6.07) is 6.69. The summed E-state index contributed by atoms with van der Waals surface area (Å²) in [5.41, 5.74) is 8.17. The van der Waals surface area contributed by atoms with E-state index in [9.17, 15) is 4.79 Å². The third-order valence-corrected chi connectivity index (χ3v) is 3.12. The number of nitrogen functional groups attached to an aromatic ring is 1. The number of amides is 1. The van der Waals surface area contributed by atoms with E-state index in [4.69, 9.17) is 15.2 Å². The average Bonchev–Trinajstić information content (AvgIpc) is 2.48. The molecule has 6 heteroatoms. The third-order valence-electron chi connectivity index (χ3n) is 3.12. The van der Waals surface area contributed by atoms with Gasteiger partial charge >= 0.3 is 0 Å². The number of nitrogens with two attached hydrogens (primary N) is 1. The van der Waals surface area contributed by atoms with Gasteiger partial charge in [-0.05, 0) is 19.1 Å². The van der Waals surface area contributed by atoms with Gasteiger partial charge in [0.1, 0.15) is 13.2 Å². The van der Waals surface area contributed by atoms with Crippen molar-refractivity contribution in [3.8, 4) is 11.5 Å². The second-order valence-electron chi connectivity index (χ2n) is 4.72. The van der Waals surface area contributed by atoms with Crippen molar-refractivity contribution in [3.05, 3.63) is 41.7 Å². The lowest BCUT2D eigenvalue weighted by atomic mass is 10.2. The Bertz CT molecular complexity index is 701. The van der Waals surface area contributed by atoms with Crippen LogP contribution in [-0.4, -0.2) is 24.1 Å². The summed E-state index contributed by atoms with van der Waals surface area (Å²) in [5, 5.41) is 2.78. The Hall–Kier alpha value is -2.76. The number of aromatic nitrogens is 1. The summed E-state index contributed by atoms with van der Waals surface area (Å²) in [6.45, 7) is 2.80. The highest BCUT2D eigenvalue weighted by Gasteiger charge is 2.16. The average molecular weight is 285 g/mol. The van der Waals surface area contributed by atoms with E-state index in [1.54, 1.807) is 30.5 Å². The maximum atomic E-state index is 12.2. The molecule has 1 aliphatic heterocycles. The molecule has 1 aliphatic rings. The first-order chi connectivity index (χ1) is 10.1. The van der Waals surface area contributed by atoms with Crippen LogP contribution in [0.5, 0.6) is 11.5 Å². The SMILES string of the molecule is Cc1cc(C(=O)Nc2cc3c(cc2N)OCCO3)ccn1. The molecule has 6 nitrogen and oxygen atoms in total. The van der Waals surface area contributed by atoms with Crippen molar-refractivity contribution >= 4 is 17.3 Å². The molecule has 3 rings (SSSR count). The number of nitrogens with zero attached hydrogens (tertiary/aromatic N) is 1. The molecule has 0 fully saturated rings. The predicted molar refractivity (Wildman–Crippen MR) is 78.8 cm³/mol. The summed E-state index contributed by atoms with van der Waals surface area (Å²) in [4.78, 5) is 16.3. The molecule has 0 bridgehead atoms. The first-order valence-electron chi connectivity index (χ1n) is 6.56. The number of carbonyl (C=O) groups is 1. The summed E-state index contributed by atoms with van der Waals surface area (Å²) in [7, 11) is 0. The van der Waals surface area contributed by atoms with Gasteiger partial charge in [0.2, 0.25) is 0 Å². The van der Waals surface area contributed by atoms with Gasteiger partial charge in [0.25, 0.3) is 5.91 Å². The van der Waals surface area contributed by atoms with Crippen LogP contribution < -0.4 is 20.5 Å². The highest BCUT2D eigenvalue weighted by Crippen LogP contribution is 2.37. The van der Waals surface area contributed by atoms with E-state index >= 15 is 0 Å². The number of rotatable bonds is 2. The number of aryl methyl sites for hydroxylation is 1. The van der Waals surface area contributed by atoms with E-state index in [0.717, 1.165) is 5.69 Å². The molecule has 1 aromatic carbocycles. The van der Waals surface area contributed by atoms with Crippen molar-refractivity contribution < 1.29 is 14.3 Å². The Morgan fingerprint density at radius 3 is 2.67 bits per heavy atom. The van der Waals surface area contributed by atoms with Crippen molar-refractivity contribution in [2.75, 3.05) is 24.3 Å². The van der Waals surface area contributed by atoms with Crippen LogP contribution in [0.25, 0.3) is 0 Å². The topological polar surface area (TPSA) is 86.5 Å². The van der Waals surface area contributed by atoms with Crippen LogP contribution >= 0.6 is 0 Å². The zero-order chi connectivity index (χ0) is 14.8. The molecule has 0 aliphatic carbocycles. The summed E-state index contributed by atoms with van der Waals surface area (Å²) in [5.74, 6) is 0.928. The number of nitrogens with one attached hydrogen (secondary N) is 1. The van der Waals surface area contributed by atoms with Crippen LogP contribution in [0.4, 0.5) is 11.4 Å². The molecule has 21 heavy (non-hydrogen) atoms. The van der Waals surface area contributed by atoms with Crippen molar-refractivity contribution in [3.63, 3.8) is 0 Å². The molecular weight excluding hydrogens is 270 g/mol. The van der Waals surface area contributed by atoms with Crippen LogP contribution in [0.15, 0.2) is 30.5 Å². The van der Waals surface area contributed by atoms with E-state index < -0.39 is 0 Å². The highest BCUT2D eigenvalue weighted by molar-refractivity contribution is 6.06. The number of ether oxygens (including phenoxy) is 2. The van der Waals surface area contributed by atoms with Crippen molar-refractivity contribution in [2.45, 2.75) is 6.92 Å².